The van der Waals surface area contributed by atoms with Gasteiger partial charge in [0.05, 0.1) is 6.07 Å². The van der Waals surface area contributed by atoms with Gasteiger partial charge in [-0.25, -0.2) is 4.98 Å². The molecule has 1 heterocycles. The van der Waals surface area contributed by atoms with Crippen LogP contribution in [0.25, 0.3) is 0 Å². The average Bonchev–Trinajstić information content (AvgIpc) is 3.03. The molecule has 1 saturated carbocycles. The molecule has 4 heteroatoms. The van der Waals surface area contributed by atoms with Crippen LogP contribution in [-0.4, -0.2) is 22.1 Å². The predicted octanol–water partition coefficient (Wildman–Crippen LogP) is 2.51. The Balaban J connectivity index is 1.98. The Morgan fingerprint density at radius 3 is 3.16 bits per heavy atom. The van der Waals surface area contributed by atoms with E-state index in [1.165, 1.54) is 5.82 Å². The van der Waals surface area contributed by atoms with Crippen molar-refractivity contribution in [3.8, 4) is 6.07 Å². The predicted molar refractivity (Wildman–Crippen MR) is 75.6 cm³/mol. The van der Waals surface area contributed by atoms with E-state index in [2.05, 4.69) is 34.1 Å². The van der Waals surface area contributed by atoms with Crippen LogP contribution in [0.5, 0.6) is 0 Å². The molecule has 1 aromatic rings. The third-order valence-corrected chi connectivity index (χ3v) is 4.46. The molecule has 2 unspecified atom stereocenters. The molecule has 1 aliphatic carbocycles. The normalized spacial score (nSPS) is 26.5. The summed E-state index contributed by atoms with van der Waals surface area (Å²) in [6.45, 7) is 3.16. The summed E-state index contributed by atoms with van der Waals surface area (Å²) in [6.07, 6.45) is 10.5. The van der Waals surface area contributed by atoms with Crippen molar-refractivity contribution in [1.82, 2.24) is 14.9 Å². The number of nitriles is 1. The molecular formula is C15H24N4. The van der Waals surface area contributed by atoms with Gasteiger partial charge >= 0.3 is 0 Å². The number of aryl methyl sites for hydroxylation is 2. The maximum atomic E-state index is 9.45. The van der Waals surface area contributed by atoms with Crippen molar-refractivity contribution in [3.05, 3.63) is 18.2 Å². The Kier molecular flexibility index (Phi) is 4.60. The minimum atomic E-state index is -0.300. The molecule has 4 nitrogen and oxygen atoms in total. The summed E-state index contributed by atoms with van der Waals surface area (Å²) in [6, 6.07) is 2.51. The molecule has 0 spiro atoms. The minimum Gasteiger partial charge on any atom is -0.335 e. The van der Waals surface area contributed by atoms with Crippen LogP contribution in [0.15, 0.2) is 12.4 Å². The first-order valence-electron chi connectivity index (χ1n) is 7.36. The Bertz CT molecular complexity index is 445. The number of nitrogens with zero attached hydrogens (tertiary/aromatic N) is 3. The summed E-state index contributed by atoms with van der Waals surface area (Å²) in [7, 11) is 1.92. The van der Waals surface area contributed by atoms with Gasteiger partial charge in [-0.05, 0) is 38.6 Å². The Hall–Kier alpha value is -1.34. The smallest absolute Gasteiger partial charge is 0.109 e. The maximum absolute atomic E-state index is 9.45. The zero-order valence-corrected chi connectivity index (χ0v) is 12.0. The van der Waals surface area contributed by atoms with Crippen LogP contribution >= 0.6 is 0 Å². The molecule has 1 fully saturated rings. The van der Waals surface area contributed by atoms with E-state index in [4.69, 9.17) is 0 Å². The quantitative estimate of drug-likeness (QED) is 0.855. The van der Waals surface area contributed by atoms with E-state index >= 15 is 0 Å². The monoisotopic (exact) mass is 260 g/mol. The van der Waals surface area contributed by atoms with Crippen LogP contribution in [-0.2, 0) is 13.0 Å². The van der Waals surface area contributed by atoms with Crippen molar-refractivity contribution in [3.63, 3.8) is 0 Å². The van der Waals surface area contributed by atoms with Gasteiger partial charge in [0.1, 0.15) is 11.4 Å². The van der Waals surface area contributed by atoms with Crippen molar-refractivity contribution in [1.29, 1.82) is 5.26 Å². The molecule has 0 saturated heterocycles. The third-order valence-electron chi connectivity index (χ3n) is 4.46. The highest BCUT2D eigenvalue weighted by atomic mass is 15.1. The summed E-state index contributed by atoms with van der Waals surface area (Å²) in [4.78, 5) is 4.41. The zero-order chi connectivity index (χ0) is 13.7. The molecule has 104 valence electrons. The number of nitrogens with one attached hydrogen (secondary N) is 1. The Morgan fingerprint density at radius 1 is 1.63 bits per heavy atom. The lowest BCUT2D eigenvalue weighted by atomic mass is 9.86. The van der Waals surface area contributed by atoms with E-state index in [1.54, 1.807) is 0 Å². The SMILES string of the molecule is CCCc1nccn1CCC1CCCC1(C#N)NC. The van der Waals surface area contributed by atoms with E-state index in [9.17, 15) is 5.26 Å². The fourth-order valence-electron chi connectivity index (χ4n) is 3.29. The molecular weight excluding hydrogens is 236 g/mol. The fraction of sp³-hybridized carbons (Fsp3) is 0.733. The lowest BCUT2D eigenvalue weighted by Gasteiger charge is -2.28. The maximum Gasteiger partial charge on any atom is 0.109 e. The van der Waals surface area contributed by atoms with Gasteiger partial charge in [0, 0.05) is 25.4 Å². The van der Waals surface area contributed by atoms with Crippen molar-refractivity contribution in [2.45, 2.75) is 57.5 Å². The van der Waals surface area contributed by atoms with Crippen LogP contribution < -0.4 is 5.32 Å². The number of hydrogen-bond acceptors (Lipinski definition) is 3. The summed E-state index contributed by atoms with van der Waals surface area (Å²) >= 11 is 0. The van der Waals surface area contributed by atoms with Crippen LogP contribution in [0.2, 0.25) is 0 Å². The van der Waals surface area contributed by atoms with Gasteiger partial charge in [0.25, 0.3) is 0 Å². The number of aromatic nitrogens is 2. The lowest BCUT2D eigenvalue weighted by molar-refractivity contribution is 0.306. The number of rotatable bonds is 6. The van der Waals surface area contributed by atoms with Crippen molar-refractivity contribution >= 4 is 0 Å². The number of hydrogen-bond donors (Lipinski definition) is 1. The third kappa shape index (κ3) is 2.82. The van der Waals surface area contributed by atoms with Gasteiger partial charge in [0.15, 0.2) is 0 Å². The van der Waals surface area contributed by atoms with Crippen molar-refractivity contribution in [2.24, 2.45) is 5.92 Å². The molecule has 0 aromatic carbocycles. The first kappa shape index (κ1) is 14.1. The summed E-state index contributed by atoms with van der Waals surface area (Å²) < 4.78 is 2.25. The molecule has 1 N–H and O–H groups in total. The van der Waals surface area contributed by atoms with Gasteiger partial charge in [-0.2, -0.15) is 5.26 Å². The molecule has 2 atom stereocenters. The highest BCUT2D eigenvalue weighted by Gasteiger charge is 2.41. The second kappa shape index (κ2) is 6.21. The summed E-state index contributed by atoms with van der Waals surface area (Å²) in [5.74, 6) is 1.63. The van der Waals surface area contributed by atoms with Gasteiger partial charge < -0.3 is 9.88 Å². The molecule has 1 aromatic heterocycles. The van der Waals surface area contributed by atoms with E-state index in [-0.39, 0.29) is 5.54 Å². The summed E-state index contributed by atoms with van der Waals surface area (Å²) in [5.41, 5.74) is -0.300. The average molecular weight is 260 g/mol. The van der Waals surface area contributed by atoms with Gasteiger partial charge in [-0.3, -0.25) is 0 Å². The van der Waals surface area contributed by atoms with Crippen LogP contribution in [0, 0.1) is 17.2 Å². The highest BCUT2D eigenvalue weighted by Crippen LogP contribution is 2.37. The molecule has 0 aliphatic heterocycles. The van der Waals surface area contributed by atoms with E-state index in [1.807, 2.05) is 13.2 Å². The van der Waals surface area contributed by atoms with Crippen LogP contribution in [0.3, 0.4) is 0 Å². The largest absolute Gasteiger partial charge is 0.335 e. The molecule has 0 radical (unpaired) electrons. The number of imidazole rings is 1. The first-order chi connectivity index (χ1) is 9.25. The van der Waals surface area contributed by atoms with E-state index in [0.29, 0.717) is 5.92 Å². The molecule has 19 heavy (non-hydrogen) atoms. The van der Waals surface area contributed by atoms with Crippen molar-refractivity contribution < 1.29 is 0 Å². The molecule has 0 bridgehead atoms. The Labute approximate surface area is 115 Å². The summed E-state index contributed by atoms with van der Waals surface area (Å²) in [5, 5.41) is 12.7. The lowest BCUT2D eigenvalue weighted by Crippen LogP contribution is -2.45. The topological polar surface area (TPSA) is 53.6 Å². The Morgan fingerprint density at radius 2 is 2.47 bits per heavy atom. The van der Waals surface area contributed by atoms with Gasteiger partial charge in [-0.15, -0.1) is 0 Å². The van der Waals surface area contributed by atoms with Gasteiger partial charge in [0.2, 0.25) is 0 Å². The van der Waals surface area contributed by atoms with Crippen LogP contribution in [0.1, 0.15) is 44.9 Å². The standard InChI is InChI=1S/C15H24N4/c1-3-5-14-18-9-11-19(14)10-7-13-6-4-8-15(13,12-16)17-2/h9,11,13,17H,3-8,10H2,1-2H3. The fourth-order valence-corrected chi connectivity index (χ4v) is 3.29. The highest BCUT2D eigenvalue weighted by molar-refractivity contribution is 5.13. The zero-order valence-electron chi connectivity index (χ0n) is 12.0. The molecule has 0 amide bonds. The molecule has 2 rings (SSSR count). The minimum absolute atomic E-state index is 0.300. The molecule has 1 aliphatic rings. The van der Waals surface area contributed by atoms with Gasteiger partial charge in [-0.1, -0.05) is 13.3 Å². The second-order valence-electron chi connectivity index (χ2n) is 5.50. The van der Waals surface area contributed by atoms with E-state index < -0.39 is 0 Å². The van der Waals surface area contributed by atoms with Crippen LogP contribution in [0.4, 0.5) is 0 Å². The second-order valence-corrected chi connectivity index (χ2v) is 5.50. The van der Waals surface area contributed by atoms with Crippen molar-refractivity contribution in [2.75, 3.05) is 7.05 Å². The first-order valence-corrected chi connectivity index (χ1v) is 7.36. The van der Waals surface area contributed by atoms with E-state index in [0.717, 1.165) is 45.1 Å².